The van der Waals surface area contributed by atoms with Gasteiger partial charge in [0.1, 0.15) is 11.4 Å². The molecule has 0 aliphatic rings. The highest BCUT2D eigenvalue weighted by Gasteiger charge is 2.08. The van der Waals surface area contributed by atoms with Crippen molar-refractivity contribution in [3.8, 4) is 17.0 Å². The van der Waals surface area contributed by atoms with Crippen LogP contribution in [0.1, 0.15) is 11.3 Å². The third-order valence-electron chi connectivity index (χ3n) is 2.92. The van der Waals surface area contributed by atoms with Crippen molar-refractivity contribution in [3.63, 3.8) is 0 Å². The molecule has 0 aliphatic heterocycles. The van der Waals surface area contributed by atoms with Gasteiger partial charge in [-0.2, -0.15) is 5.10 Å². The lowest BCUT2D eigenvalue weighted by Crippen LogP contribution is -1.93. The maximum atomic E-state index is 9.93. The summed E-state index contributed by atoms with van der Waals surface area (Å²) in [4.78, 5) is 4.53. The zero-order valence-corrected chi connectivity index (χ0v) is 10.2. The molecule has 3 rings (SSSR count). The van der Waals surface area contributed by atoms with Crippen molar-refractivity contribution < 1.29 is 5.11 Å². The van der Waals surface area contributed by atoms with Gasteiger partial charge in [-0.25, -0.2) is 4.98 Å². The summed E-state index contributed by atoms with van der Waals surface area (Å²) in [7, 11) is 0. The molecule has 4 heteroatoms. The van der Waals surface area contributed by atoms with Gasteiger partial charge in [0, 0.05) is 23.9 Å². The molecule has 0 atom stereocenters. The summed E-state index contributed by atoms with van der Waals surface area (Å²) in [5, 5.41) is 16.6. The molecule has 0 unspecified atom stereocenters. The number of pyridine rings is 1. The molecule has 4 nitrogen and oxygen atoms in total. The fourth-order valence-electron chi connectivity index (χ4n) is 1.98. The van der Waals surface area contributed by atoms with Crippen LogP contribution in [0, 0.1) is 0 Å². The van der Waals surface area contributed by atoms with Crippen LogP contribution in [0.2, 0.25) is 0 Å². The fourth-order valence-corrected chi connectivity index (χ4v) is 1.98. The Kier molecular flexibility index (Phi) is 2.98. The Balaban J connectivity index is 1.97. The van der Waals surface area contributed by atoms with Crippen molar-refractivity contribution in [3.05, 3.63) is 66.1 Å². The maximum Gasteiger partial charge on any atom is 0.141 e. The molecule has 19 heavy (non-hydrogen) atoms. The van der Waals surface area contributed by atoms with Gasteiger partial charge >= 0.3 is 0 Å². The number of aromatic nitrogens is 3. The number of aromatic hydroxyl groups is 1. The van der Waals surface area contributed by atoms with Crippen LogP contribution in [0.5, 0.6) is 5.75 Å². The Morgan fingerprint density at radius 2 is 1.89 bits per heavy atom. The van der Waals surface area contributed by atoms with Crippen molar-refractivity contribution in [2.75, 3.05) is 0 Å². The van der Waals surface area contributed by atoms with Gasteiger partial charge in [-0.3, -0.25) is 5.10 Å². The first-order valence-electron chi connectivity index (χ1n) is 6.05. The molecule has 0 spiro atoms. The number of benzene rings is 1. The maximum absolute atomic E-state index is 9.93. The smallest absolute Gasteiger partial charge is 0.141 e. The molecular weight excluding hydrogens is 238 g/mol. The number of H-pyrrole nitrogens is 1. The Bertz CT molecular complexity index is 663. The Labute approximate surface area is 110 Å². The van der Waals surface area contributed by atoms with E-state index < -0.39 is 0 Å². The SMILES string of the molecule is Oc1ccc(Cc2cn[nH]c2)nc1-c1ccccc1. The molecular formula is C15H13N3O. The zero-order chi connectivity index (χ0) is 13.1. The Hall–Kier alpha value is -2.62. The van der Waals surface area contributed by atoms with E-state index >= 15 is 0 Å². The highest BCUT2D eigenvalue weighted by atomic mass is 16.3. The first-order valence-corrected chi connectivity index (χ1v) is 6.05. The van der Waals surface area contributed by atoms with E-state index in [-0.39, 0.29) is 5.75 Å². The lowest BCUT2D eigenvalue weighted by atomic mass is 10.1. The van der Waals surface area contributed by atoms with Crippen LogP contribution in [-0.2, 0) is 6.42 Å². The molecule has 0 amide bonds. The van der Waals surface area contributed by atoms with Crippen LogP contribution < -0.4 is 0 Å². The summed E-state index contributed by atoms with van der Waals surface area (Å²) in [6.07, 6.45) is 4.31. The van der Waals surface area contributed by atoms with Gasteiger partial charge in [0.2, 0.25) is 0 Å². The monoisotopic (exact) mass is 251 g/mol. The standard InChI is InChI=1S/C15H13N3O/c19-14-7-6-13(8-11-9-16-17-10-11)18-15(14)12-4-2-1-3-5-12/h1-7,9-10,19H,8H2,(H,16,17). The molecule has 2 N–H and O–H groups in total. The molecule has 0 bridgehead atoms. The number of nitrogens with one attached hydrogen (secondary N) is 1. The molecule has 0 saturated carbocycles. The Morgan fingerprint density at radius 1 is 1.05 bits per heavy atom. The fraction of sp³-hybridized carbons (Fsp3) is 0.0667. The summed E-state index contributed by atoms with van der Waals surface area (Å²) in [6.45, 7) is 0. The van der Waals surface area contributed by atoms with Gasteiger partial charge in [-0.15, -0.1) is 0 Å². The van der Waals surface area contributed by atoms with Crippen molar-refractivity contribution in [2.24, 2.45) is 0 Å². The summed E-state index contributed by atoms with van der Waals surface area (Å²) >= 11 is 0. The lowest BCUT2D eigenvalue weighted by Gasteiger charge is -2.06. The van der Waals surface area contributed by atoms with Crippen molar-refractivity contribution >= 4 is 0 Å². The number of hydrogen-bond donors (Lipinski definition) is 2. The summed E-state index contributed by atoms with van der Waals surface area (Å²) in [5.74, 6) is 0.196. The third-order valence-corrected chi connectivity index (χ3v) is 2.92. The first-order chi connectivity index (χ1) is 9.33. The second-order valence-electron chi connectivity index (χ2n) is 4.32. The quantitative estimate of drug-likeness (QED) is 0.752. The minimum absolute atomic E-state index is 0.196. The van der Waals surface area contributed by atoms with E-state index in [0.29, 0.717) is 12.1 Å². The van der Waals surface area contributed by atoms with Crippen LogP contribution >= 0.6 is 0 Å². The summed E-state index contributed by atoms with van der Waals surface area (Å²) < 4.78 is 0. The van der Waals surface area contributed by atoms with E-state index in [2.05, 4.69) is 15.2 Å². The van der Waals surface area contributed by atoms with Crippen LogP contribution in [-0.4, -0.2) is 20.3 Å². The number of aromatic amines is 1. The molecule has 2 aromatic heterocycles. The second-order valence-corrected chi connectivity index (χ2v) is 4.32. The highest BCUT2D eigenvalue weighted by molar-refractivity contribution is 5.65. The van der Waals surface area contributed by atoms with Crippen molar-refractivity contribution in [2.45, 2.75) is 6.42 Å². The minimum atomic E-state index is 0.196. The first kappa shape index (κ1) is 11.5. The average molecular weight is 251 g/mol. The third kappa shape index (κ3) is 2.47. The van der Waals surface area contributed by atoms with Gasteiger partial charge in [-0.1, -0.05) is 30.3 Å². The van der Waals surface area contributed by atoms with Crippen molar-refractivity contribution in [1.29, 1.82) is 0 Å². The normalized spacial score (nSPS) is 10.5. The summed E-state index contributed by atoms with van der Waals surface area (Å²) in [6, 6.07) is 13.2. The largest absolute Gasteiger partial charge is 0.506 e. The van der Waals surface area contributed by atoms with E-state index in [1.165, 1.54) is 0 Å². The molecule has 1 aromatic carbocycles. The number of hydrogen-bond acceptors (Lipinski definition) is 3. The van der Waals surface area contributed by atoms with Crippen molar-refractivity contribution in [1.82, 2.24) is 15.2 Å². The number of nitrogens with zero attached hydrogens (tertiary/aromatic N) is 2. The van der Waals surface area contributed by atoms with Gasteiger partial charge in [0.05, 0.1) is 6.20 Å². The number of rotatable bonds is 3. The van der Waals surface area contributed by atoms with Crippen LogP contribution in [0.3, 0.4) is 0 Å². The molecule has 0 radical (unpaired) electrons. The lowest BCUT2D eigenvalue weighted by molar-refractivity contribution is 0.474. The molecule has 0 aliphatic carbocycles. The van der Waals surface area contributed by atoms with Crippen LogP contribution in [0.4, 0.5) is 0 Å². The molecule has 94 valence electrons. The van der Waals surface area contributed by atoms with E-state index in [1.54, 1.807) is 12.3 Å². The van der Waals surface area contributed by atoms with Gasteiger partial charge in [0.15, 0.2) is 0 Å². The zero-order valence-electron chi connectivity index (χ0n) is 10.2. The molecule has 2 heterocycles. The molecule has 3 aromatic rings. The Morgan fingerprint density at radius 3 is 2.63 bits per heavy atom. The van der Waals surface area contributed by atoms with E-state index in [9.17, 15) is 5.11 Å². The van der Waals surface area contributed by atoms with Gasteiger partial charge in [0.25, 0.3) is 0 Å². The van der Waals surface area contributed by atoms with E-state index in [0.717, 1.165) is 16.8 Å². The van der Waals surface area contributed by atoms with Gasteiger partial charge in [-0.05, 0) is 17.7 Å². The van der Waals surface area contributed by atoms with Crippen LogP contribution in [0.15, 0.2) is 54.9 Å². The minimum Gasteiger partial charge on any atom is -0.506 e. The predicted octanol–water partition coefficient (Wildman–Crippen LogP) is 2.77. The highest BCUT2D eigenvalue weighted by Crippen LogP contribution is 2.27. The predicted molar refractivity (Wildman–Crippen MR) is 72.7 cm³/mol. The second kappa shape index (κ2) is 4.94. The van der Waals surface area contributed by atoms with Gasteiger partial charge < -0.3 is 5.11 Å². The van der Waals surface area contributed by atoms with E-state index in [4.69, 9.17) is 0 Å². The summed E-state index contributed by atoms with van der Waals surface area (Å²) in [5.41, 5.74) is 3.49. The van der Waals surface area contributed by atoms with Crippen LogP contribution in [0.25, 0.3) is 11.3 Å². The average Bonchev–Trinajstić information content (AvgIpc) is 2.95. The van der Waals surface area contributed by atoms with E-state index in [1.807, 2.05) is 42.6 Å². The molecule has 0 saturated heterocycles. The topological polar surface area (TPSA) is 61.8 Å². The molecule has 0 fully saturated rings.